The lowest BCUT2D eigenvalue weighted by molar-refractivity contribution is -0.117. The molecule has 0 saturated carbocycles. The highest BCUT2D eigenvalue weighted by Gasteiger charge is 2.18. The molecule has 0 aromatic heterocycles. The van der Waals surface area contributed by atoms with Gasteiger partial charge in [-0.05, 0) is 26.0 Å². The molecule has 0 aliphatic heterocycles. The zero-order valence-corrected chi connectivity index (χ0v) is 14.5. The summed E-state index contributed by atoms with van der Waals surface area (Å²) >= 11 is 6.30. The van der Waals surface area contributed by atoms with Gasteiger partial charge in [0.15, 0.2) is 5.78 Å². The minimum absolute atomic E-state index is 0.113. The van der Waals surface area contributed by atoms with Crippen molar-refractivity contribution in [2.75, 3.05) is 32.8 Å². The first kappa shape index (κ1) is 19.4. The summed E-state index contributed by atoms with van der Waals surface area (Å²) in [6.07, 6.45) is 0.0500. The van der Waals surface area contributed by atoms with Crippen LogP contribution in [0.4, 0.5) is 5.69 Å². The van der Waals surface area contributed by atoms with E-state index in [1.54, 1.807) is 19.2 Å². The Labute approximate surface area is 141 Å². The van der Waals surface area contributed by atoms with E-state index in [0.717, 1.165) is 0 Å². The van der Waals surface area contributed by atoms with Crippen LogP contribution in [0.3, 0.4) is 0 Å². The number of halogens is 1. The van der Waals surface area contributed by atoms with E-state index < -0.39 is 0 Å². The van der Waals surface area contributed by atoms with E-state index in [-0.39, 0.29) is 41.5 Å². The van der Waals surface area contributed by atoms with Crippen LogP contribution in [-0.4, -0.2) is 45.2 Å². The largest absolute Gasteiger partial charge is 0.489 e. The summed E-state index contributed by atoms with van der Waals surface area (Å²) in [5.74, 6) is -0.119. The van der Waals surface area contributed by atoms with E-state index in [0.29, 0.717) is 17.9 Å². The molecule has 0 saturated heterocycles. The first-order chi connectivity index (χ1) is 10.9. The average Bonchev–Trinajstić information content (AvgIpc) is 2.52. The predicted octanol–water partition coefficient (Wildman–Crippen LogP) is 2.93. The van der Waals surface area contributed by atoms with Gasteiger partial charge in [0, 0.05) is 19.8 Å². The number of hydrogen-bond acceptors (Lipinski definition) is 5. The van der Waals surface area contributed by atoms with Crippen molar-refractivity contribution in [3.8, 4) is 5.75 Å². The Morgan fingerprint density at radius 3 is 2.57 bits per heavy atom. The summed E-state index contributed by atoms with van der Waals surface area (Å²) in [6.45, 7) is 3.84. The second kappa shape index (κ2) is 9.50. The number of carbonyl (C=O) groups is 2. The van der Waals surface area contributed by atoms with Gasteiger partial charge in [-0.15, -0.1) is 0 Å². The van der Waals surface area contributed by atoms with Gasteiger partial charge in [-0.25, -0.2) is 0 Å². The zero-order chi connectivity index (χ0) is 17.4. The minimum atomic E-state index is -0.293. The first-order valence-corrected chi connectivity index (χ1v) is 7.56. The molecule has 1 atom stereocenters. The second-order valence-corrected chi connectivity index (χ2v) is 5.38. The van der Waals surface area contributed by atoms with Crippen molar-refractivity contribution < 1.29 is 23.8 Å². The zero-order valence-electron chi connectivity index (χ0n) is 13.8. The number of amides is 1. The highest BCUT2D eigenvalue weighted by molar-refractivity contribution is 6.36. The molecule has 1 rings (SSSR count). The molecule has 0 aliphatic carbocycles. The molecule has 1 N–H and O–H groups in total. The van der Waals surface area contributed by atoms with Crippen molar-refractivity contribution in [1.82, 2.24) is 0 Å². The van der Waals surface area contributed by atoms with Crippen molar-refractivity contribution in [3.63, 3.8) is 0 Å². The summed E-state index contributed by atoms with van der Waals surface area (Å²) in [6, 6.07) is 3.18. The fourth-order valence-corrected chi connectivity index (χ4v) is 2.02. The number of Topliss-reactive ketones (excluding diaryl/α,β-unsaturated/α-hetero) is 1. The third-order valence-electron chi connectivity index (χ3n) is 3.16. The molecule has 0 bridgehead atoms. The molecule has 7 heteroatoms. The molecule has 0 fully saturated rings. The maximum atomic E-state index is 11.9. The Bertz CT molecular complexity index is 562. The number of ether oxygens (including phenoxy) is 3. The molecule has 0 spiro atoms. The molecular formula is C16H22ClNO5. The number of benzene rings is 1. The Kier molecular flexibility index (Phi) is 8.02. The van der Waals surface area contributed by atoms with E-state index in [1.165, 1.54) is 14.0 Å². The minimum Gasteiger partial charge on any atom is -0.489 e. The molecule has 1 unspecified atom stereocenters. The van der Waals surface area contributed by atoms with Crippen molar-refractivity contribution in [1.29, 1.82) is 0 Å². The fraction of sp³-hybridized carbons (Fsp3) is 0.500. The average molecular weight is 344 g/mol. The molecule has 6 nitrogen and oxygen atoms in total. The number of nitrogens with one attached hydrogen (secondary N) is 1. The maximum Gasteiger partial charge on any atom is 0.226 e. The van der Waals surface area contributed by atoms with Crippen molar-refractivity contribution >= 4 is 29.0 Å². The van der Waals surface area contributed by atoms with Crippen LogP contribution in [0.2, 0.25) is 5.02 Å². The predicted molar refractivity (Wildman–Crippen MR) is 88.5 cm³/mol. The van der Waals surface area contributed by atoms with Crippen LogP contribution in [0.25, 0.3) is 0 Å². The summed E-state index contributed by atoms with van der Waals surface area (Å²) in [5.41, 5.74) is 0.579. The first-order valence-electron chi connectivity index (χ1n) is 7.18. The summed E-state index contributed by atoms with van der Waals surface area (Å²) in [4.78, 5) is 23.6. The number of ketones is 1. The van der Waals surface area contributed by atoms with E-state index in [1.807, 2.05) is 6.92 Å². The van der Waals surface area contributed by atoms with Crippen molar-refractivity contribution in [2.24, 2.45) is 0 Å². The summed E-state index contributed by atoms with van der Waals surface area (Å²) < 4.78 is 15.6. The third-order valence-corrected chi connectivity index (χ3v) is 3.53. The highest BCUT2D eigenvalue weighted by Crippen LogP contribution is 2.35. The van der Waals surface area contributed by atoms with Crippen LogP contribution >= 0.6 is 11.6 Å². The van der Waals surface area contributed by atoms with Gasteiger partial charge >= 0.3 is 0 Å². The number of anilines is 1. The molecule has 0 radical (unpaired) electrons. The summed E-state index contributed by atoms with van der Waals surface area (Å²) in [5, 5.41) is 2.84. The van der Waals surface area contributed by atoms with Gasteiger partial charge in [0.25, 0.3) is 0 Å². The normalized spacial score (nSPS) is 11.9. The lowest BCUT2D eigenvalue weighted by atomic mass is 10.1. The molecule has 1 amide bonds. The van der Waals surface area contributed by atoms with Crippen LogP contribution in [0.15, 0.2) is 12.1 Å². The molecule has 1 aromatic carbocycles. The van der Waals surface area contributed by atoms with Crippen LogP contribution in [0.5, 0.6) is 5.75 Å². The second-order valence-electron chi connectivity index (χ2n) is 5.00. The van der Waals surface area contributed by atoms with Crippen LogP contribution < -0.4 is 10.1 Å². The molecule has 128 valence electrons. The lowest BCUT2D eigenvalue weighted by Crippen LogP contribution is -2.18. The van der Waals surface area contributed by atoms with Crippen LogP contribution in [0, 0.1) is 0 Å². The van der Waals surface area contributed by atoms with Gasteiger partial charge in [0.05, 0.1) is 24.8 Å². The van der Waals surface area contributed by atoms with Gasteiger partial charge in [-0.2, -0.15) is 0 Å². The molecular weight excluding hydrogens is 322 g/mol. The SMILES string of the molecule is COCCC(=O)Nc1c(C(C)=O)ccc(OCC(C)OC)c1Cl. The van der Waals surface area contributed by atoms with E-state index in [9.17, 15) is 9.59 Å². The molecule has 0 aliphatic rings. The Balaban J connectivity index is 3.03. The standard InChI is InChI=1S/C16H22ClNO5/c1-10(22-4)9-23-13-6-5-12(11(2)19)16(15(13)17)18-14(20)7-8-21-3/h5-6,10H,7-9H2,1-4H3,(H,18,20). The Morgan fingerprint density at radius 2 is 2.00 bits per heavy atom. The van der Waals surface area contributed by atoms with Gasteiger partial charge in [-0.3, -0.25) is 9.59 Å². The van der Waals surface area contributed by atoms with E-state index in [2.05, 4.69) is 5.32 Å². The van der Waals surface area contributed by atoms with Crippen molar-refractivity contribution in [2.45, 2.75) is 26.4 Å². The van der Waals surface area contributed by atoms with Gasteiger partial charge < -0.3 is 19.5 Å². The van der Waals surface area contributed by atoms with Crippen LogP contribution in [0.1, 0.15) is 30.6 Å². The number of methoxy groups -OCH3 is 2. The maximum absolute atomic E-state index is 11.9. The Morgan fingerprint density at radius 1 is 1.30 bits per heavy atom. The number of hydrogen-bond donors (Lipinski definition) is 1. The van der Waals surface area contributed by atoms with Crippen molar-refractivity contribution in [3.05, 3.63) is 22.7 Å². The van der Waals surface area contributed by atoms with Gasteiger partial charge in [0.1, 0.15) is 17.4 Å². The fourth-order valence-electron chi connectivity index (χ4n) is 1.76. The quantitative estimate of drug-likeness (QED) is 0.698. The molecule has 0 heterocycles. The topological polar surface area (TPSA) is 73.9 Å². The third kappa shape index (κ3) is 5.82. The Hall–Kier alpha value is -1.63. The van der Waals surface area contributed by atoms with Crippen LogP contribution in [-0.2, 0) is 14.3 Å². The number of rotatable bonds is 9. The number of carbonyl (C=O) groups excluding carboxylic acids is 2. The lowest BCUT2D eigenvalue weighted by Gasteiger charge is -2.17. The van der Waals surface area contributed by atoms with Gasteiger partial charge in [0.2, 0.25) is 5.91 Å². The van der Waals surface area contributed by atoms with Gasteiger partial charge in [-0.1, -0.05) is 11.6 Å². The van der Waals surface area contributed by atoms with E-state index in [4.69, 9.17) is 25.8 Å². The smallest absolute Gasteiger partial charge is 0.226 e. The highest BCUT2D eigenvalue weighted by atomic mass is 35.5. The summed E-state index contributed by atoms with van der Waals surface area (Å²) in [7, 11) is 3.09. The molecule has 23 heavy (non-hydrogen) atoms. The molecule has 1 aromatic rings. The van der Waals surface area contributed by atoms with E-state index >= 15 is 0 Å². The monoisotopic (exact) mass is 343 g/mol.